The number of benzene rings is 1. The van der Waals surface area contributed by atoms with Gasteiger partial charge in [-0.05, 0) is 12.1 Å². The van der Waals surface area contributed by atoms with E-state index in [4.69, 9.17) is 0 Å². The third kappa shape index (κ3) is 1.95. The molecule has 0 atom stereocenters. The Morgan fingerprint density at radius 3 is 2.35 bits per heavy atom. The number of imide groups is 1. The summed E-state index contributed by atoms with van der Waals surface area (Å²) in [6, 6.07) is 4.34. The largest absolute Gasteiger partial charge is 0.439 e. The highest BCUT2D eigenvalue weighted by Gasteiger charge is 2.40. The Morgan fingerprint density at radius 2 is 1.82 bits per heavy atom. The summed E-state index contributed by atoms with van der Waals surface area (Å²) >= 11 is 0. The lowest BCUT2D eigenvalue weighted by Gasteiger charge is -2.17. The number of anilines is 1. The van der Waals surface area contributed by atoms with Crippen molar-refractivity contribution in [1.82, 2.24) is 0 Å². The maximum absolute atomic E-state index is 12.7. The third-order valence-electron chi connectivity index (χ3n) is 2.20. The van der Waals surface area contributed by atoms with Crippen LogP contribution in [-0.4, -0.2) is 18.6 Å². The van der Waals surface area contributed by atoms with Crippen LogP contribution in [0.15, 0.2) is 24.3 Å². The van der Waals surface area contributed by atoms with Crippen molar-refractivity contribution in [3.63, 3.8) is 0 Å². The number of hydrogen-bond donors (Lipinski definition) is 0. The Kier molecular flexibility index (Phi) is 2.53. The summed E-state index contributed by atoms with van der Waals surface area (Å²) in [5.74, 6) is -0.813. The van der Waals surface area contributed by atoms with Gasteiger partial charge < -0.3 is 4.74 Å². The number of ether oxygens (including phenoxy) is 1. The van der Waals surface area contributed by atoms with E-state index in [0.717, 1.165) is 12.1 Å². The molecule has 1 saturated heterocycles. The van der Waals surface area contributed by atoms with Crippen molar-refractivity contribution < 1.29 is 27.5 Å². The molecule has 0 N–H and O–H groups in total. The third-order valence-corrected chi connectivity index (χ3v) is 2.20. The number of cyclic esters (lactones) is 1. The van der Waals surface area contributed by atoms with Gasteiger partial charge in [0.25, 0.3) is 5.91 Å². The van der Waals surface area contributed by atoms with Gasteiger partial charge in [-0.1, -0.05) is 12.1 Å². The fourth-order valence-electron chi connectivity index (χ4n) is 1.50. The second-order valence-corrected chi connectivity index (χ2v) is 3.30. The van der Waals surface area contributed by atoms with E-state index < -0.39 is 36.0 Å². The van der Waals surface area contributed by atoms with Gasteiger partial charge in [0.05, 0.1) is 11.3 Å². The zero-order valence-corrected chi connectivity index (χ0v) is 8.32. The normalized spacial score (nSPS) is 16.3. The van der Waals surface area contributed by atoms with E-state index >= 15 is 0 Å². The molecule has 4 nitrogen and oxygen atoms in total. The van der Waals surface area contributed by atoms with Gasteiger partial charge in [-0.2, -0.15) is 13.2 Å². The predicted molar refractivity (Wildman–Crippen MR) is 50.3 cm³/mol. The van der Waals surface area contributed by atoms with Crippen molar-refractivity contribution >= 4 is 17.7 Å². The maximum Gasteiger partial charge on any atom is 0.421 e. The first kappa shape index (κ1) is 11.4. The molecule has 2 rings (SSSR count). The number of nitrogens with zero attached hydrogens (tertiary/aromatic N) is 1. The van der Waals surface area contributed by atoms with Gasteiger partial charge in [0, 0.05) is 0 Å². The summed E-state index contributed by atoms with van der Waals surface area (Å²) in [5.41, 5.74) is -1.56. The van der Waals surface area contributed by atoms with E-state index in [9.17, 15) is 22.8 Å². The van der Waals surface area contributed by atoms with Crippen LogP contribution in [0.2, 0.25) is 0 Å². The molecule has 0 unspecified atom stereocenters. The number of amides is 2. The molecule has 1 heterocycles. The molecule has 1 aromatic carbocycles. The molecular formula is C10H6F3NO3. The van der Waals surface area contributed by atoms with Crippen LogP contribution in [0.3, 0.4) is 0 Å². The van der Waals surface area contributed by atoms with Crippen molar-refractivity contribution in [1.29, 1.82) is 0 Å². The summed E-state index contributed by atoms with van der Waals surface area (Å²) in [6.07, 6.45) is -5.73. The van der Waals surface area contributed by atoms with Crippen molar-refractivity contribution in [2.24, 2.45) is 0 Å². The van der Waals surface area contributed by atoms with Crippen LogP contribution in [0.25, 0.3) is 0 Å². The molecule has 1 aliphatic rings. The van der Waals surface area contributed by atoms with Gasteiger partial charge in [-0.3, -0.25) is 4.79 Å². The topological polar surface area (TPSA) is 46.6 Å². The molecule has 0 radical (unpaired) electrons. The molecule has 90 valence electrons. The van der Waals surface area contributed by atoms with E-state index in [2.05, 4.69) is 4.74 Å². The minimum absolute atomic E-state index is 0.392. The monoisotopic (exact) mass is 245 g/mol. The Hall–Kier alpha value is -2.05. The molecule has 17 heavy (non-hydrogen) atoms. The first-order valence-electron chi connectivity index (χ1n) is 4.57. The Labute approximate surface area is 93.6 Å². The SMILES string of the molecule is O=C1COC(=O)N1c1ccccc1C(F)(F)F. The van der Waals surface area contributed by atoms with E-state index in [-0.39, 0.29) is 0 Å². The number of carbonyl (C=O) groups excluding carboxylic acids is 2. The van der Waals surface area contributed by atoms with E-state index in [1.54, 1.807) is 0 Å². The van der Waals surface area contributed by atoms with Crippen molar-refractivity contribution in [3.8, 4) is 0 Å². The molecule has 0 spiro atoms. The zero-order valence-electron chi connectivity index (χ0n) is 8.32. The standard InChI is InChI=1S/C10H6F3NO3/c11-10(12,13)6-3-1-2-4-7(6)14-8(15)5-17-9(14)16/h1-4H,5H2. The summed E-state index contributed by atoms with van der Waals surface area (Å²) < 4.78 is 42.4. The van der Waals surface area contributed by atoms with Crippen LogP contribution in [-0.2, 0) is 15.7 Å². The highest BCUT2D eigenvalue weighted by atomic mass is 19.4. The Balaban J connectivity index is 2.52. The molecule has 2 amide bonds. The molecular weight excluding hydrogens is 239 g/mol. The fourth-order valence-corrected chi connectivity index (χ4v) is 1.50. The lowest BCUT2D eigenvalue weighted by molar-refractivity contribution is -0.137. The van der Waals surface area contributed by atoms with Crippen molar-refractivity contribution in [2.45, 2.75) is 6.18 Å². The van der Waals surface area contributed by atoms with Crippen LogP contribution < -0.4 is 4.90 Å². The fraction of sp³-hybridized carbons (Fsp3) is 0.200. The maximum atomic E-state index is 12.7. The zero-order chi connectivity index (χ0) is 12.6. The van der Waals surface area contributed by atoms with Crippen LogP contribution in [0.1, 0.15) is 5.56 Å². The van der Waals surface area contributed by atoms with Gasteiger partial charge in [-0.15, -0.1) is 0 Å². The van der Waals surface area contributed by atoms with Gasteiger partial charge in [0.2, 0.25) is 0 Å². The smallest absolute Gasteiger partial charge is 0.421 e. The average Bonchev–Trinajstić information content (AvgIpc) is 2.57. The molecule has 0 aromatic heterocycles. The number of hydrogen-bond acceptors (Lipinski definition) is 3. The highest BCUT2D eigenvalue weighted by molar-refractivity contribution is 6.17. The average molecular weight is 245 g/mol. The van der Waals surface area contributed by atoms with Gasteiger partial charge in [0.15, 0.2) is 6.61 Å². The summed E-state index contributed by atoms with van der Waals surface area (Å²) in [6.45, 7) is -0.537. The number of alkyl halides is 3. The molecule has 0 saturated carbocycles. The van der Waals surface area contributed by atoms with Gasteiger partial charge >= 0.3 is 12.3 Å². The lowest BCUT2D eigenvalue weighted by atomic mass is 10.1. The highest BCUT2D eigenvalue weighted by Crippen LogP contribution is 2.37. The first-order valence-corrected chi connectivity index (χ1v) is 4.57. The molecule has 0 bridgehead atoms. The number of rotatable bonds is 1. The molecule has 1 fully saturated rings. The predicted octanol–water partition coefficient (Wildman–Crippen LogP) is 2.19. The van der Waals surface area contributed by atoms with Crippen LogP contribution >= 0.6 is 0 Å². The van der Waals surface area contributed by atoms with Crippen LogP contribution in [0, 0.1) is 0 Å². The van der Waals surface area contributed by atoms with Gasteiger partial charge in [0.1, 0.15) is 0 Å². The van der Waals surface area contributed by atoms with Gasteiger partial charge in [-0.25, -0.2) is 9.69 Å². The molecule has 0 aliphatic carbocycles. The molecule has 7 heteroatoms. The van der Waals surface area contributed by atoms with E-state index in [1.165, 1.54) is 12.1 Å². The summed E-state index contributed by atoms with van der Waals surface area (Å²) in [5, 5.41) is 0. The van der Waals surface area contributed by atoms with E-state index in [0.29, 0.717) is 4.90 Å². The van der Waals surface area contributed by atoms with E-state index in [1.807, 2.05) is 0 Å². The Morgan fingerprint density at radius 1 is 1.18 bits per heavy atom. The quantitative estimate of drug-likeness (QED) is 0.761. The summed E-state index contributed by atoms with van der Waals surface area (Å²) in [4.78, 5) is 22.8. The Bertz CT molecular complexity index is 468. The minimum atomic E-state index is -4.64. The van der Waals surface area contributed by atoms with Crippen LogP contribution in [0.4, 0.5) is 23.7 Å². The molecule has 1 aliphatic heterocycles. The second-order valence-electron chi connectivity index (χ2n) is 3.30. The minimum Gasteiger partial charge on any atom is -0.439 e. The van der Waals surface area contributed by atoms with Crippen LogP contribution in [0.5, 0.6) is 0 Å². The lowest BCUT2D eigenvalue weighted by Crippen LogP contribution is -2.30. The first-order chi connectivity index (χ1) is 7.91. The number of para-hydroxylation sites is 1. The summed E-state index contributed by atoms with van der Waals surface area (Å²) in [7, 11) is 0. The second kappa shape index (κ2) is 3.76. The van der Waals surface area contributed by atoms with Crippen molar-refractivity contribution in [3.05, 3.63) is 29.8 Å². The number of halogens is 3. The van der Waals surface area contributed by atoms with Crippen molar-refractivity contribution in [2.75, 3.05) is 11.5 Å². The molecule has 1 aromatic rings. The number of carbonyl (C=O) groups is 2.